The lowest BCUT2D eigenvalue weighted by Crippen LogP contribution is -2.40. The molecule has 2 unspecified atom stereocenters. The Bertz CT molecular complexity index is 547. The summed E-state index contributed by atoms with van der Waals surface area (Å²) in [5.74, 6) is -0.140. The van der Waals surface area contributed by atoms with Gasteiger partial charge in [0.15, 0.2) is 0 Å². The molecule has 2 rings (SSSR count). The number of hydrogen-bond acceptors (Lipinski definition) is 4. The predicted octanol–water partition coefficient (Wildman–Crippen LogP) is 2.18. The maximum Gasteiger partial charge on any atom is 0.245 e. The van der Waals surface area contributed by atoms with Crippen molar-refractivity contribution in [2.75, 3.05) is 37.4 Å². The van der Waals surface area contributed by atoms with Gasteiger partial charge in [0.2, 0.25) is 5.91 Å². The van der Waals surface area contributed by atoms with Gasteiger partial charge in [-0.15, -0.1) is 0 Å². The van der Waals surface area contributed by atoms with Gasteiger partial charge in [-0.2, -0.15) is 0 Å². The van der Waals surface area contributed by atoms with E-state index in [4.69, 9.17) is 5.73 Å². The molecule has 1 aromatic rings. The first-order chi connectivity index (χ1) is 9.85. The quantitative estimate of drug-likeness (QED) is 0.850. The zero-order chi connectivity index (χ0) is 15.7. The molecule has 3 N–H and O–H groups in total. The van der Waals surface area contributed by atoms with Gasteiger partial charge >= 0.3 is 0 Å². The summed E-state index contributed by atoms with van der Waals surface area (Å²) < 4.78 is 0.973. The Morgan fingerprint density at radius 2 is 2.10 bits per heavy atom. The minimum Gasteiger partial charge on any atom is -0.367 e. The molecule has 1 aromatic carbocycles. The van der Waals surface area contributed by atoms with Crippen molar-refractivity contribution in [3.05, 3.63) is 22.2 Å². The molecule has 0 fully saturated rings. The highest BCUT2D eigenvalue weighted by Crippen LogP contribution is 2.38. The fourth-order valence-electron chi connectivity index (χ4n) is 2.86. The molecule has 21 heavy (non-hydrogen) atoms. The van der Waals surface area contributed by atoms with Crippen LogP contribution < -0.4 is 16.0 Å². The molecule has 6 heteroatoms. The fraction of sp³-hybridized carbons (Fsp3) is 0.533. The van der Waals surface area contributed by atoms with Crippen LogP contribution in [-0.4, -0.2) is 44.0 Å². The van der Waals surface area contributed by atoms with Gasteiger partial charge in [-0.25, -0.2) is 0 Å². The molecule has 0 aliphatic carbocycles. The Morgan fingerprint density at radius 1 is 1.43 bits per heavy atom. The van der Waals surface area contributed by atoms with Crippen LogP contribution in [0.25, 0.3) is 0 Å². The van der Waals surface area contributed by atoms with Gasteiger partial charge in [-0.05, 0) is 56.0 Å². The number of halogens is 1. The maximum atomic E-state index is 11.7. The molecule has 0 saturated heterocycles. The van der Waals surface area contributed by atoms with E-state index in [1.165, 1.54) is 0 Å². The third kappa shape index (κ3) is 3.22. The largest absolute Gasteiger partial charge is 0.367 e. The van der Waals surface area contributed by atoms with Crippen LogP contribution in [0.1, 0.15) is 25.5 Å². The van der Waals surface area contributed by atoms with Crippen LogP contribution in [0.2, 0.25) is 0 Å². The third-order valence-electron chi connectivity index (χ3n) is 3.81. The molecule has 0 saturated carbocycles. The van der Waals surface area contributed by atoms with E-state index < -0.39 is 6.04 Å². The lowest BCUT2D eigenvalue weighted by atomic mass is 10.1. The monoisotopic (exact) mass is 354 g/mol. The summed E-state index contributed by atoms with van der Waals surface area (Å²) in [6.07, 6.45) is 0. The van der Waals surface area contributed by atoms with Crippen molar-refractivity contribution < 1.29 is 4.79 Å². The number of benzene rings is 1. The molecular weight excluding hydrogens is 332 g/mol. The highest BCUT2D eigenvalue weighted by Gasteiger charge is 2.29. The molecule has 116 valence electrons. The number of nitrogens with two attached hydrogens (primary N) is 1. The predicted molar refractivity (Wildman–Crippen MR) is 90.7 cm³/mol. The smallest absolute Gasteiger partial charge is 0.245 e. The van der Waals surface area contributed by atoms with Crippen molar-refractivity contribution in [1.82, 2.24) is 4.90 Å². The molecule has 1 aliphatic rings. The van der Waals surface area contributed by atoms with Crippen molar-refractivity contribution >= 4 is 33.2 Å². The third-order valence-corrected chi connectivity index (χ3v) is 4.44. The normalized spacial score (nSPS) is 18.6. The number of nitrogens with one attached hydrogen (secondary N) is 1. The number of hydrogen-bond donors (Lipinski definition) is 2. The van der Waals surface area contributed by atoms with E-state index in [0.29, 0.717) is 6.04 Å². The van der Waals surface area contributed by atoms with Gasteiger partial charge in [0.1, 0.15) is 6.04 Å². The Hall–Kier alpha value is -1.11. The van der Waals surface area contributed by atoms with E-state index in [-0.39, 0.29) is 5.91 Å². The SMILES string of the molecule is CCN(c1cc2c(cc1Br)C(N)C(=O)N2)C(C)CN(C)C. The first-order valence-corrected chi connectivity index (χ1v) is 7.95. The van der Waals surface area contributed by atoms with E-state index in [0.717, 1.165) is 34.5 Å². The standard InChI is InChI=1S/C15H23BrN4O/c1-5-20(9(2)8-19(3)4)13-7-12-10(6-11(13)16)14(17)15(21)18-12/h6-7,9,14H,5,8,17H2,1-4H3,(H,18,21). The molecular formula is C15H23BrN4O. The summed E-state index contributed by atoms with van der Waals surface area (Å²) in [6, 6.07) is 3.77. The fourth-order valence-corrected chi connectivity index (χ4v) is 3.45. The molecule has 2 atom stereocenters. The lowest BCUT2D eigenvalue weighted by molar-refractivity contribution is -0.116. The van der Waals surface area contributed by atoms with Crippen molar-refractivity contribution in [3.8, 4) is 0 Å². The summed E-state index contributed by atoms with van der Waals surface area (Å²) in [5, 5.41) is 2.85. The summed E-state index contributed by atoms with van der Waals surface area (Å²) in [6.45, 7) is 6.19. The van der Waals surface area contributed by atoms with E-state index >= 15 is 0 Å². The van der Waals surface area contributed by atoms with Crippen LogP contribution in [0.4, 0.5) is 11.4 Å². The number of nitrogens with zero attached hydrogens (tertiary/aromatic N) is 2. The van der Waals surface area contributed by atoms with Gasteiger partial charge in [0, 0.05) is 34.9 Å². The first-order valence-electron chi connectivity index (χ1n) is 7.16. The lowest BCUT2D eigenvalue weighted by Gasteiger charge is -2.33. The van der Waals surface area contributed by atoms with Crippen LogP contribution in [0.5, 0.6) is 0 Å². The van der Waals surface area contributed by atoms with Crippen LogP contribution in [-0.2, 0) is 4.79 Å². The number of amides is 1. The molecule has 0 spiro atoms. The number of likely N-dealkylation sites (N-methyl/N-ethyl adjacent to an activating group) is 2. The number of anilines is 2. The average Bonchev–Trinajstić information content (AvgIpc) is 2.66. The van der Waals surface area contributed by atoms with Crippen molar-refractivity contribution in [2.24, 2.45) is 5.73 Å². The summed E-state index contributed by atoms with van der Waals surface area (Å²) in [4.78, 5) is 16.2. The zero-order valence-electron chi connectivity index (χ0n) is 13.0. The Labute approximate surface area is 134 Å². The van der Waals surface area contributed by atoms with E-state index in [1.54, 1.807) is 0 Å². The molecule has 1 amide bonds. The van der Waals surface area contributed by atoms with Gasteiger partial charge in [-0.1, -0.05) is 0 Å². The number of carbonyl (C=O) groups excluding carboxylic acids is 1. The second-order valence-corrected chi connectivity index (χ2v) is 6.61. The highest BCUT2D eigenvalue weighted by molar-refractivity contribution is 9.10. The molecule has 0 bridgehead atoms. The van der Waals surface area contributed by atoms with Crippen LogP contribution in [0, 0.1) is 0 Å². The second-order valence-electron chi connectivity index (χ2n) is 5.76. The number of carbonyl (C=O) groups is 1. The highest BCUT2D eigenvalue weighted by atomic mass is 79.9. The van der Waals surface area contributed by atoms with Gasteiger partial charge in [0.05, 0.1) is 5.69 Å². The number of rotatable bonds is 5. The Kier molecular flexibility index (Phi) is 4.91. The average molecular weight is 355 g/mol. The summed E-state index contributed by atoms with van der Waals surface area (Å²) >= 11 is 3.62. The van der Waals surface area contributed by atoms with E-state index in [2.05, 4.69) is 59.0 Å². The molecule has 0 aromatic heterocycles. The molecule has 0 radical (unpaired) electrons. The van der Waals surface area contributed by atoms with Crippen LogP contribution >= 0.6 is 15.9 Å². The van der Waals surface area contributed by atoms with Gasteiger partial charge in [-0.3, -0.25) is 4.79 Å². The number of fused-ring (bicyclic) bond motifs is 1. The van der Waals surface area contributed by atoms with E-state index in [9.17, 15) is 4.79 Å². The summed E-state index contributed by atoms with van der Waals surface area (Å²) in [5.41, 5.74) is 8.65. The van der Waals surface area contributed by atoms with E-state index in [1.807, 2.05) is 12.1 Å². The Balaban J connectivity index is 2.35. The van der Waals surface area contributed by atoms with Crippen molar-refractivity contribution in [1.29, 1.82) is 0 Å². The van der Waals surface area contributed by atoms with Crippen LogP contribution in [0.15, 0.2) is 16.6 Å². The zero-order valence-corrected chi connectivity index (χ0v) is 14.6. The van der Waals surface area contributed by atoms with Crippen LogP contribution in [0.3, 0.4) is 0 Å². The first kappa shape index (κ1) is 16.3. The molecule has 1 aliphatic heterocycles. The van der Waals surface area contributed by atoms with Crippen molar-refractivity contribution in [3.63, 3.8) is 0 Å². The minimum atomic E-state index is -0.570. The topological polar surface area (TPSA) is 61.6 Å². The maximum absolute atomic E-state index is 11.7. The second kappa shape index (κ2) is 6.34. The Morgan fingerprint density at radius 3 is 2.67 bits per heavy atom. The molecule has 1 heterocycles. The van der Waals surface area contributed by atoms with Gasteiger partial charge < -0.3 is 20.9 Å². The summed E-state index contributed by atoms with van der Waals surface area (Å²) in [7, 11) is 4.14. The van der Waals surface area contributed by atoms with Gasteiger partial charge in [0.25, 0.3) is 0 Å². The molecule has 5 nitrogen and oxygen atoms in total. The van der Waals surface area contributed by atoms with Crippen molar-refractivity contribution in [2.45, 2.75) is 25.9 Å². The minimum absolute atomic E-state index is 0.140.